The van der Waals surface area contributed by atoms with Crippen LogP contribution in [0.2, 0.25) is 0 Å². The molecule has 1 saturated heterocycles. The van der Waals surface area contributed by atoms with E-state index in [4.69, 9.17) is 10.5 Å². The summed E-state index contributed by atoms with van der Waals surface area (Å²) < 4.78 is 30.1. The molecule has 1 aliphatic heterocycles. The highest BCUT2D eigenvalue weighted by molar-refractivity contribution is 7.91. The van der Waals surface area contributed by atoms with Crippen LogP contribution in [0.25, 0.3) is 0 Å². The first-order valence-corrected chi connectivity index (χ1v) is 8.52. The monoisotopic (exact) mass is 298 g/mol. The van der Waals surface area contributed by atoms with Crippen LogP contribution in [0.1, 0.15) is 12.5 Å². The first-order chi connectivity index (χ1) is 9.53. The number of nitrogens with two attached hydrogens (primary N) is 1. The number of hydrogen-bond donors (Lipinski definition) is 1. The SMILES string of the molecule is CC1COCCN1CCS(=O)(=O)c1cccc(CN)c1. The molecule has 2 N–H and O–H groups in total. The van der Waals surface area contributed by atoms with E-state index in [1.807, 2.05) is 6.07 Å². The van der Waals surface area contributed by atoms with Gasteiger partial charge < -0.3 is 10.5 Å². The van der Waals surface area contributed by atoms with Gasteiger partial charge in [0.1, 0.15) is 0 Å². The van der Waals surface area contributed by atoms with Gasteiger partial charge in [0.25, 0.3) is 0 Å². The highest BCUT2D eigenvalue weighted by atomic mass is 32.2. The summed E-state index contributed by atoms with van der Waals surface area (Å²) in [5.74, 6) is 0.130. The summed E-state index contributed by atoms with van der Waals surface area (Å²) in [4.78, 5) is 2.52. The Bertz CT molecular complexity index is 545. The number of nitrogens with zero attached hydrogens (tertiary/aromatic N) is 1. The summed E-state index contributed by atoms with van der Waals surface area (Å²) >= 11 is 0. The molecule has 1 aromatic carbocycles. The highest BCUT2D eigenvalue weighted by Gasteiger charge is 2.22. The number of hydrogen-bond acceptors (Lipinski definition) is 5. The van der Waals surface area contributed by atoms with Crippen molar-refractivity contribution in [2.24, 2.45) is 5.73 Å². The second-order valence-corrected chi connectivity index (χ2v) is 7.24. The van der Waals surface area contributed by atoms with Gasteiger partial charge in [0, 0.05) is 25.7 Å². The molecule has 1 aromatic rings. The molecule has 5 nitrogen and oxygen atoms in total. The standard InChI is InChI=1S/C14H22N2O3S/c1-12-11-19-7-5-16(12)6-8-20(17,18)14-4-2-3-13(9-14)10-15/h2-4,9,12H,5-8,10-11,15H2,1H3. The van der Waals surface area contributed by atoms with Crippen molar-refractivity contribution in [1.29, 1.82) is 0 Å². The van der Waals surface area contributed by atoms with Crippen LogP contribution in [0.15, 0.2) is 29.2 Å². The fourth-order valence-corrected chi connectivity index (χ4v) is 3.64. The van der Waals surface area contributed by atoms with Gasteiger partial charge in [-0.25, -0.2) is 8.42 Å². The van der Waals surface area contributed by atoms with E-state index in [0.29, 0.717) is 31.2 Å². The first kappa shape index (κ1) is 15.4. The molecule has 0 bridgehead atoms. The van der Waals surface area contributed by atoms with Crippen molar-refractivity contribution in [1.82, 2.24) is 4.90 Å². The van der Waals surface area contributed by atoms with Crippen LogP contribution in [0, 0.1) is 0 Å². The largest absolute Gasteiger partial charge is 0.379 e. The maximum absolute atomic E-state index is 12.4. The minimum absolute atomic E-state index is 0.130. The molecule has 0 radical (unpaired) electrons. The lowest BCUT2D eigenvalue weighted by Gasteiger charge is -2.32. The van der Waals surface area contributed by atoms with Crippen LogP contribution in [0.5, 0.6) is 0 Å². The average Bonchev–Trinajstić information content (AvgIpc) is 2.46. The van der Waals surface area contributed by atoms with Gasteiger partial charge in [0.15, 0.2) is 9.84 Å². The van der Waals surface area contributed by atoms with Crippen molar-refractivity contribution in [2.75, 3.05) is 32.1 Å². The average molecular weight is 298 g/mol. The number of rotatable bonds is 5. The van der Waals surface area contributed by atoms with E-state index in [2.05, 4.69) is 11.8 Å². The van der Waals surface area contributed by atoms with Crippen molar-refractivity contribution in [3.05, 3.63) is 29.8 Å². The van der Waals surface area contributed by atoms with Crippen LogP contribution < -0.4 is 5.73 Å². The van der Waals surface area contributed by atoms with Gasteiger partial charge in [0.2, 0.25) is 0 Å². The van der Waals surface area contributed by atoms with E-state index >= 15 is 0 Å². The smallest absolute Gasteiger partial charge is 0.179 e. The molecule has 0 amide bonds. The third-order valence-corrected chi connectivity index (χ3v) is 5.34. The Morgan fingerprint density at radius 1 is 1.45 bits per heavy atom. The lowest BCUT2D eigenvalue weighted by Crippen LogP contribution is -2.45. The minimum atomic E-state index is -3.25. The van der Waals surface area contributed by atoms with Crippen LogP contribution in [-0.2, 0) is 21.1 Å². The quantitative estimate of drug-likeness (QED) is 0.863. The topological polar surface area (TPSA) is 72.6 Å². The third kappa shape index (κ3) is 3.79. The predicted octanol–water partition coefficient (Wildman–Crippen LogP) is 0.640. The summed E-state index contributed by atoms with van der Waals surface area (Å²) in [5.41, 5.74) is 6.39. The van der Waals surface area contributed by atoms with Crippen LogP contribution in [0.3, 0.4) is 0 Å². The maximum atomic E-state index is 12.4. The Kier molecular flexibility index (Phi) is 5.15. The van der Waals surface area contributed by atoms with Gasteiger partial charge in [-0.15, -0.1) is 0 Å². The first-order valence-electron chi connectivity index (χ1n) is 6.86. The second kappa shape index (κ2) is 6.67. The number of morpholine rings is 1. The summed E-state index contributed by atoms with van der Waals surface area (Å²) in [7, 11) is -3.25. The highest BCUT2D eigenvalue weighted by Crippen LogP contribution is 2.14. The van der Waals surface area contributed by atoms with E-state index in [9.17, 15) is 8.42 Å². The van der Waals surface area contributed by atoms with Crippen molar-refractivity contribution >= 4 is 9.84 Å². The lowest BCUT2D eigenvalue weighted by molar-refractivity contribution is 0.00280. The molecule has 0 aliphatic carbocycles. The Labute approximate surface area is 120 Å². The summed E-state index contributed by atoms with van der Waals surface area (Å²) in [6.07, 6.45) is 0. The number of benzene rings is 1. The fourth-order valence-electron chi connectivity index (χ4n) is 2.31. The van der Waals surface area contributed by atoms with E-state index in [1.165, 1.54) is 0 Å². The minimum Gasteiger partial charge on any atom is -0.379 e. The van der Waals surface area contributed by atoms with Crippen LogP contribution >= 0.6 is 0 Å². The zero-order valence-corrected chi connectivity index (χ0v) is 12.6. The third-order valence-electron chi connectivity index (χ3n) is 3.65. The summed E-state index contributed by atoms with van der Waals surface area (Å²) in [6, 6.07) is 7.15. The molecule has 1 atom stereocenters. The molecular formula is C14H22N2O3S. The molecule has 6 heteroatoms. The van der Waals surface area contributed by atoms with Gasteiger partial charge >= 0.3 is 0 Å². The van der Waals surface area contributed by atoms with Crippen molar-refractivity contribution in [3.63, 3.8) is 0 Å². The maximum Gasteiger partial charge on any atom is 0.179 e. The molecule has 112 valence electrons. The molecule has 1 heterocycles. The Balaban J connectivity index is 2.03. The van der Waals surface area contributed by atoms with Gasteiger partial charge in [-0.2, -0.15) is 0 Å². The van der Waals surface area contributed by atoms with E-state index in [0.717, 1.165) is 12.1 Å². The van der Waals surface area contributed by atoms with Gasteiger partial charge in [-0.1, -0.05) is 12.1 Å². The molecular weight excluding hydrogens is 276 g/mol. The number of ether oxygens (including phenoxy) is 1. The van der Waals surface area contributed by atoms with Gasteiger partial charge in [-0.05, 0) is 24.6 Å². The summed E-state index contributed by atoms with van der Waals surface area (Å²) in [5, 5.41) is 0. The van der Waals surface area contributed by atoms with Gasteiger partial charge in [-0.3, -0.25) is 4.90 Å². The van der Waals surface area contributed by atoms with Crippen molar-refractivity contribution in [3.8, 4) is 0 Å². The zero-order chi connectivity index (χ0) is 14.6. The fraction of sp³-hybridized carbons (Fsp3) is 0.571. The Morgan fingerprint density at radius 3 is 2.95 bits per heavy atom. The van der Waals surface area contributed by atoms with E-state index < -0.39 is 9.84 Å². The normalized spacial score (nSPS) is 21.0. The van der Waals surface area contributed by atoms with E-state index in [-0.39, 0.29) is 11.8 Å². The second-order valence-electron chi connectivity index (χ2n) is 5.13. The predicted molar refractivity (Wildman–Crippen MR) is 78.2 cm³/mol. The van der Waals surface area contributed by atoms with Crippen molar-refractivity contribution < 1.29 is 13.2 Å². The molecule has 20 heavy (non-hydrogen) atoms. The van der Waals surface area contributed by atoms with Gasteiger partial charge in [0.05, 0.1) is 23.9 Å². The van der Waals surface area contributed by atoms with E-state index in [1.54, 1.807) is 18.2 Å². The molecule has 1 fully saturated rings. The van der Waals surface area contributed by atoms with Crippen LogP contribution in [0.4, 0.5) is 0 Å². The lowest BCUT2D eigenvalue weighted by atomic mass is 10.2. The molecule has 2 rings (SSSR count). The molecule has 0 spiro atoms. The molecule has 1 aliphatic rings. The number of sulfone groups is 1. The molecule has 0 saturated carbocycles. The molecule has 0 aromatic heterocycles. The molecule has 1 unspecified atom stereocenters. The van der Waals surface area contributed by atoms with Crippen LogP contribution in [-0.4, -0.2) is 51.4 Å². The zero-order valence-electron chi connectivity index (χ0n) is 11.8. The van der Waals surface area contributed by atoms with Crippen molar-refractivity contribution in [2.45, 2.75) is 24.4 Å². The Morgan fingerprint density at radius 2 is 2.25 bits per heavy atom. The summed E-state index contributed by atoms with van der Waals surface area (Å²) in [6.45, 7) is 5.08. The Hall–Kier alpha value is -0.950.